The molecule has 2 aromatic carbocycles. The Kier molecular flexibility index (Phi) is 5.46. The van der Waals surface area contributed by atoms with Gasteiger partial charge in [-0.05, 0) is 49.1 Å². The van der Waals surface area contributed by atoms with Gasteiger partial charge >= 0.3 is 0 Å². The van der Waals surface area contributed by atoms with E-state index in [9.17, 15) is 0 Å². The van der Waals surface area contributed by atoms with Gasteiger partial charge in [0.2, 0.25) is 5.95 Å². The molecular weight excluding hydrogens is 352 g/mol. The maximum atomic E-state index is 5.38. The van der Waals surface area contributed by atoms with E-state index in [2.05, 4.69) is 16.3 Å². The van der Waals surface area contributed by atoms with Gasteiger partial charge in [0.1, 0.15) is 17.3 Å². The molecule has 6 nitrogen and oxygen atoms in total. The zero-order valence-electron chi connectivity index (χ0n) is 16.4. The standard InChI is InChI=1S/C22H26N4O2/c1-27-17-12-16(13-18(14-17)28-2)15-23-21-19-8-4-5-9-20(19)24-22(25-21)26-10-6-3-7-11-26/h4-5,8-9,12-14H,3,6-7,10-11,15H2,1-2H3,(H,23,24,25). The second-order valence-electron chi connectivity index (χ2n) is 7.01. The predicted molar refractivity (Wildman–Crippen MR) is 112 cm³/mol. The van der Waals surface area contributed by atoms with Gasteiger partial charge in [0.25, 0.3) is 0 Å². The van der Waals surface area contributed by atoms with Crippen molar-refractivity contribution in [2.24, 2.45) is 0 Å². The van der Waals surface area contributed by atoms with E-state index in [0.29, 0.717) is 6.54 Å². The smallest absolute Gasteiger partial charge is 0.227 e. The van der Waals surface area contributed by atoms with Crippen LogP contribution in [0.3, 0.4) is 0 Å². The summed E-state index contributed by atoms with van der Waals surface area (Å²) < 4.78 is 10.8. The van der Waals surface area contributed by atoms with Crippen LogP contribution in [0.2, 0.25) is 0 Å². The molecule has 0 unspecified atom stereocenters. The first-order chi connectivity index (χ1) is 13.8. The predicted octanol–water partition coefficient (Wildman–Crippen LogP) is 4.25. The molecule has 3 aromatic rings. The lowest BCUT2D eigenvalue weighted by Gasteiger charge is -2.27. The second-order valence-corrected chi connectivity index (χ2v) is 7.01. The average Bonchev–Trinajstić information content (AvgIpc) is 2.77. The number of nitrogens with zero attached hydrogens (tertiary/aromatic N) is 3. The summed E-state index contributed by atoms with van der Waals surface area (Å²) in [5.41, 5.74) is 2.03. The van der Waals surface area contributed by atoms with Crippen molar-refractivity contribution in [2.45, 2.75) is 25.8 Å². The number of para-hydroxylation sites is 1. The summed E-state index contributed by atoms with van der Waals surface area (Å²) in [6.45, 7) is 2.66. The van der Waals surface area contributed by atoms with Crippen LogP contribution in [0, 0.1) is 0 Å². The van der Waals surface area contributed by atoms with E-state index < -0.39 is 0 Å². The zero-order valence-corrected chi connectivity index (χ0v) is 16.4. The van der Waals surface area contributed by atoms with Crippen LogP contribution < -0.4 is 19.7 Å². The summed E-state index contributed by atoms with van der Waals surface area (Å²) in [5.74, 6) is 3.22. The summed E-state index contributed by atoms with van der Waals surface area (Å²) in [7, 11) is 3.32. The van der Waals surface area contributed by atoms with E-state index in [1.807, 2.05) is 36.4 Å². The fourth-order valence-corrected chi connectivity index (χ4v) is 3.59. The third kappa shape index (κ3) is 3.96. The van der Waals surface area contributed by atoms with Crippen molar-refractivity contribution in [3.63, 3.8) is 0 Å². The minimum absolute atomic E-state index is 0.619. The van der Waals surface area contributed by atoms with Crippen LogP contribution in [-0.4, -0.2) is 37.3 Å². The van der Waals surface area contributed by atoms with E-state index in [-0.39, 0.29) is 0 Å². The van der Waals surface area contributed by atoms with Crippen LogP contribution in [0.4, 0.5) is 11.8 Å². The number of piperidine rings is 1. The van der Waals surface area contributed by atoms with Crippen molar-refractivity contribution in [3.8, 4) is 11.5 Å². The van der Waals surface area contributed by atoms with Crippen LogP contribution in [-0.2, 0) is 6.54 Å². The van der Waals surface area contributed by atoms with Crippen LogP contribution >= 0.6 is 0 Å². The number of benzene rings is 2. The molecule has 28 heavy (non-hydrogen) atoms. The number of rotatable bonds is 6. The van der Waals surface area contributed by atoms with Crippen LogP contribution in [0.5, 0.6) is 11.5 Å². The summed E-state index contributed by atoms with van der Waals surface area (Å²) >= 11 is 0. The van der Waals surface area contributed by atoms with Crippen LogP contribution in [0.15, 0.2) is 42.5 Å². The topological polar surface area (TPSA) is 59.5 Å². The first-order valence-electron chi connectivity index (χ1n) is 9.74. The number of hydrogen-bond donors (Lipinski definition) is 1. The summed E-state index contributed by atoms with van der Waals surface area (Å²) in [5, 5.41) is 4.52. The highest BCUT2D eigenvalue weighted by Crippen LogP contribution is 2.27. The molecule has 4 rings (SSSR count). The van der Waals surface area contributed by atoms with Gasteiger partial charge < -0.3 is 19.7 Å². The summed E-state index contributed by atoms with van der Waals surface area (Å²) in [6.07, 6.45) is 3.68. The molecule has 0 atom stereocenters. The molecule has 2 heterocycles. The maximum absolute atomic E-state index is 5.38. The van der Waals surface area contributed by atoms with Crippen molar-refractivity contribution in [1.29, 1.82) is 0 Å². The zero-order chi connectivity index (χ0) is 19.3. The molecule has 0 bridgehead atoms. The molecule has 6 heteroatoms. The molecule has 0 amide bonds. The van der Waals surface area contributed by atoms with Gasteiger partial charge in [-0.25, -0.2) is 4.98 Å². The lowest BCUT2D eigenvalue weighted by molar-refractivity contribution is 0.393. The van der Waals surface area contributed by atoms with Crippen LogP contribution in [0.25, 0.3) is 10.9 Å². The van der Waals surface area contributed by atoms with E-state index in [1.54, 1.807) is 14.2 Å². The second kappa shape index (κ2) is 8.33. The Labute approximate surface area is 165 Å². The van der Waals surface area contributed by atoms with Gasteiger partial charge in [-0.15, -0.1) is 0 Å². The average molecular weight is 378 g/mol. The van der Waals surface area contributed by atoms with Gasteiger partial charge in [0, 0.05) is 31.1 Å². The minimum Gasteiger partial charge on any atom is -0.497 e. The Morgan fingerprint density at radius 2 is 1.64 bits per heavy atom. The summed E-state index contributed by atoms with van der Waals surface area (Å²) in [4.78, 5) is 12.0. The van der Waals surface area contributed by atoms with E-state index in [4.69, 9.17) is 19.4 Å². The molecule has 1 aromatic heterocycles. The molecular formula is C22H26N4O2. The Bertz CT molecular complexity index is 932. The Morgan fingerprint density at radius 1 is 0.929 bits per heavy atom. The normalized spacial score (nSPS) is 14.1. The summed E-state index contributed by atoms with van der Waals surface area (Å²) in [6, 6.07) is 14.0. The lowest BCUT2D eigenvalue weighted by atomic mass is 10.1. The van der Waals surface area contributed by atoms with Crippen LogP contribution in [0.1, 0.15) is 24.8 Å². The highest BCUT2D eigenvalue weighted by Gasteiger charge is 2.16. The molecule has 1 saturated heterocycles. The quantitative estimate of drug-likeness (QED) is 0.692. The van der Waals surface area contributed by atoms with Gasteiger partial charge in [-0.1, -0.05) is 12.1 Å². The number of aromatic nitrogens is 2. The molecule has 1 fully saturated rings. The Hall–Kier alpha value is -3.02. The fourth-order valence-electron chi connectivity index (χ4n) is 3.59. The monoisotopic (exact) mass is 378 g/mol. The molecule has 0 aliphatic carbocycles. The molecule has 0 saturated carbocycles. The first-order valence-corrected chi connectivity index (χ1v) is 9.74. The van der Waals surface area contributed by atoms with Crippen molar-refractivity contribution in [1.82, 2.24) is 9.97 Å². The molecule has 0 radical (unpaired) electrons. The molecule has 1 aliphatic heterocycles. The number of anilines is 2. The van der Waals surface area contributed by atoms with Gasteiger partial charge in [-0.3, -0.25) is 0 Å². The van der Waals surface area contributed by atoms with E-state index in [1.165, 1.54) is 19.3 Å². The third-order valence-electron chi connectivity index (χ3n) is 5.10. The van der Waals surface area contributed by atoms with Crippen molar-refractivity contribution >= 4 is 22.7 Å². The van der Waals surface area contributed by atoms with Crippen molar-refractivity contribution in [3.05, 3.63) is 48.0 Å². The number of methoxy groups -OCH3 is 2. The highest BCUT2D eigenvalue weighted by molar-refractivity contribution is 5.90. The number of ether oxygens (including phenoxy) is 2. The molecule has 1 aliphatic rings. The number of fused-ring (bicyclic) bond motifs is 1. The lowest BCUT2D eigenvalue weighted by Crippen LogP contribution is -2.31. The Morgan fingerprint density at radius 3 is 2.36 bits per heavy atom. The number of nitrogens with one attached hydrogen (secondary N) is 1. The maximum Gasteiger partial charge on any atom is 0.227 e. The highest BCUT2D eigenvalue weighted by atomic mass is 16.5. The SMILES string of the molecule is COc1cc(CNc2nc(N3CCCCC3)nc3ccccc23)cc(OC)c1. The van der Waals surface area contributed by atoms with Crippen molar-refractivity contribution < 1.29 is 9.47 Å². The molecule has 146 valence electrons. The van der Waals surface area contributed by atoms with Gasteiger partial charge in [0.05, 0.1) is 19.7 Å². The third-order valence-corrected chi connectivity index (χ3v) is 5.10. The van der Waals surface area contributed by atoms with E-state index in [0.717, 1.165) is 52.8 Å². The van der Waals surface area contributed by atoms with Crippen molar-refractivity contribution in [2.75, 3.05) is 37.5 Å². The van der Waals surface area contributed by atoms with Gasteiger partial charge in [0.15, 0.2) is 0 Å². The molecule has 0 spiro atoms. The van der Waals surface area contributed by atoms with E-state index >= 15 is 0 Å². The molecule has 1 N–H and O–H groups in total. The number of hydrogen-bond acceptors (Lipinski definition) is 6. The van der Waals surface area contributed by atoms with Gasteiger partial charge in [-0.2, -0.15) is 4.98 Å². The fraction of sp³-hybridized carbons (Fsp3) is 0.364. The first kappa shape index (κ1) is 18.3. The largest absolute Gasteiger partial charge is 0.497 e. The Balaban J connectivity index is 1.64. The minimum atomic E-state index is 0.619.